The van der Waals surface area contributed by atoms with Crippen molar-refractivity contribution in [2.75, 3.05) is 0 Å². The van der Waals surface area contributed by atoms with Crippen LogP contribution in [-0.2, 0) is 7.05 Å². The summed E-state index contributed by atoms with van der Waals surface area (Å²) >= 11 is 0. The number of benzene rings is 3. The summed E-state index contributed by atoms with van der Waals surface area (Å²) in [5.74, 6) is 0.670. The third-order valence-electron chi connectivity index (χ3n) is 6.21. The van der Waals surface area contributed by atoms with E-state index in [0.717, 1.165) is 35.4 Å². The molecular formula is C29H31N3O. The van der Waals surface area contributed by atoms with Crippen LogP contribution in [0.25, 0.3) is 22.6 Å². The Balaban J connectivity index is 1.80. The van der Waals surface area contributed by atoms with Crippen molar-refractivity contribution < 1.29 is 4.79 Å². The van der Waals surface area contributed by atoms with E-state index in [1.54, 1.807) is 0 Å². The fraction of sp³-hybridized carbons (Fsp3) is 0.241. The molecule has 0 aliphatic carbocycles. The number of hydrogen-bond donors (Lipinski definition) is 1. The van der Waals surface area contributed by atoms with Crippen LogP contribution in [0.3, 0.4) is 0 Å². The van der Waals surface area contributed by atoms with Gasteiger partial charge in [0.05, 0.1) is 6.04 Å². The molecule has 1 heterocycles. The molecule has 4 nitrogen and oxygen atoms in total. The van der Waals surface area contributed by atoms with Crippen LogP contribution in [-0.4, -0.2) is 15.5 Å². The maximum atomic E-state index is 13.7. The van der Waals surface area contributed by atoms with Gasteiger partial charge >= 0.3 is 0 Å². The molecule has 1 N–H and O–H groups in total. The van der Waals surface area contributed by atoms with Crippen molar-refractivity contribution in [3.63, 3.8) is 0 Å². The van der Waals surface area contributed by atoms with Gasteiger partial charge in [0.1, 0.15) is 17.2 Å². The zero-order chi connectivity index (χ0) is 23.4. The summed E-state index contributed by atoms with van der Waals surface area (Å²) in [7, 11) is 1.92. The van der Waals surface area contributed by atoms with E-state index in [-0.39, 0.29) is 11.9 Å². The zero-order valence-corrected chi connectivity index (χ0v) is 19.8. The number of hydrogen-bond acceptors (Lipinski definition) is 2. The van der Waals surface area contributed by atoms with Gasteiger partial charge in [-0.2, -0.15) is 0 Å². The number of nitrogens with one attached hydrogen (secondary N) is 1. The number of carbonyl (C=O) groups excluding carboxylic acids is 1. The smallest absolute Gasteiger partial charge is 0.270 e. The average molecular weight is 438 g/mol. The maximum absolute atomic E-state index is 13.7. The molecular weight excluding hydrogens is 406 g/mol. The quantitative estimate of drug-likeness (QED) is 0.352. The normalized spacial score (nSPS) is 11.9. The molecule has 1 aromatic heterocycles. The molecule has 1 unspecified atom stereocenters. The highest BCUT2D eigenvalue weighted by atomic mass is 16.2. The molecule has 0 aliphatic rings. The lowest BCUT2D eigenvalue weighted by Gasteiger charge is -2.19. The molecule has 0 saturated heterocycles. The minimum atomic E-state index is -0.109. The zero-order valence-electron chi connectivity index (χ0n) is 19.8. The monoisotopic (exact) mass is 437 g/mol. The van der Waals surface area contributed by atoms with E-state index in [1.807, 2.05) is 60.1 Å². The molecule has 4 rings (SSSR count). The van der Waals surface area contributed by atoms with Crippen LogP contribution in [0.4, 0.5) is 0 Å². The van der Waals surface area contributed by atoms with E-state index in [0.29, 0.717) is 11.4 Å². The molecule has 1 atom stereocenters. The van der Waals surface area contributed by atoms with Crippen LogP contribution in [0, 0.1) is 13.8 Å². The van der Waals surface area contributed by atoms with Crippen molar-refractivity contribution in [3.8, 4) is 22.6 Å². The van der Waals surface area contributed by atoms with E-state index in [9.17, 15) is 4.79 Å². The predicted molar refractivity (Wildman–Crippen MR) is 135 cm³/mol. The number of aromatic nitrogens is 2. The van der Waals surface area contributed by atoms with Crippen LogP contribution in [0.2, 0.25) is 0 Å². The number of rotatable bonds is 7. The minimum Gasteiger partial charge on any atom is -0.344 e. The second kappa shape index (κ2) is 9.86. The molecule has 0 saturated carbocycles. The Morgan fingerprint density at radius 3 is 2.21 bits per heavy atom. The van der Waals surface area contributed by atoms with E-state index in [1.165, 1.54) is 11.1 Å². The molecule has 0 aliphatic heterocycles. The van der Waals surface area contributed by atoms with Crippen LogP contribution in [0.1, 0.15) is 53.0 Å². The summed E-state index contributed by atoms with van der Waals surface area (Å²) in [4.78, 5) is 18.7. The van der Waals surface area contributed by atoms with Gasteiger partial charge in [0.25, 0.3) is 5.91 Å². The van der Waals surface area contributed by atoms with Crippen LogP contribution >= 0.6 is 0 Å². The molecule has 0 fully saturated rings. The van der Waals surface area contributed by atoms with Gasteiger partial charge in [0.2, 0.25) is 0 Å². The Hall–Kier alpha value is -3.66. The first-order valence-electron chi connectivity index (χ1n) is 11.5. The third-order valence-corrected chi connectivity index (χ3v) is 6.21. The molecule has 4 heteroatoms. The minimum absolute atomic E-state index is 0.0496. The van der Waals surface area contributed by atoms with E-state index in [4.69, 9.17) is 4.98 Å². The van der Waals surface area contributed by atoms with Crippen molar-refractivity contribution >= 4 is 5.91 Å². The lowest BCUT2D eigenvalue weighted by atomic mass is 10.0. The lowest BCUT2D eigenvalue weighted by Crippen LogP contribution is -2.30. The van der Waals surface area contributed by atoms with Crippen LogP contribution < -0.4 is 5.32 Å². The second-order valence-corrected chi connectivity index (χ2v) is 8.58. The molecule has 0 spiro atoms. The van der Waals surface area contributed by atoms with Crippen LogP contribution in [0.15, 0.2) is 78.9 Å². The highest BCUT2D eigenvalue weighted by molar-refractivity contribution is 5.99. The molecule has 0 radical (unpaired) electrons. The Labute approximate surface area is 196 Å². The fourth-order valence-electron chi connectivity index (χ4n) is 4.22. The first-order chi connectivity index (χ1) is 16.0. The summed E-state index contributed by atoms with van der Waals surface area (Å²) in [5.41, 5.74) is 6.74. The summed E-state index contributed by atoms with van der Waals surface area (Å²) in [6, 6.07) is 26.4. The van der Waals surface area contributed by atoms with E-state index < -0.39 is 0 Å². The van der Waals surface area contributed by atoms with Gasteiger partial charge in [-0.15, -0.1) is 0 Å². The van der Waals surface area contributed by atoms with E-state index in [2.05, 4.69) is 56.4 Å². The Morgan fingerprint density at radius 2 is 1.58 bits per heavy atom. The van der Waals surface area contributed by atoms with Crippen molar-refractivity contribution in [1.29, 1.82) is 0 Å². The average Bonchev–Trinajstić information content (AvgIpc) is 3.19. The maximum Gasteiger partial charge on any atom is 0.270 e. The van der Waals surface area contributed by atoms with Gasteiger partial charge in [-0.3, -0.25) is 4.79 Å². The number of amides is 1. The number of carbonyl (C=O) groups is 1. The summed E-state index contributed by atoms with van der Waals surface area (Å²) in [5, 5.41) is 3.29. The first-order valence-corrected chi connectivity index (χ1v) is 11.5. The van der Waals surface area contributed by atoms with Gasteiger partial charge in [-0.05, 0) is 43.0 Å². The van der Waals surface area contributed by atoms with Crippen molar-refractivity contribution in [2.45, 2.75) is 39.7 Å². The topological polar surface area (TPSA) is 46.9 Å². The first kappa shape index (κ1) is 22.5. The van der Waals surface area contributed by atoms with Crippen molar-refractivity contribution in [1.82, 2.24) is 14.9 Å². The molecule has 168 valence electrons. The second-order valence-electron chi connectivity index (χ2n) is 8.58. The van der Waals surface area contributed by atoms with Crippen LogP contribution in [0.5, 0.6) is 0 Å². The third kappa shape index (κ3) is 4.75. The molecule has 4 aromatic rings. The molecule has 1 amide bonds. The fourth-order valence-corrected chi connectivity index (χ4v) is 4.22. The standard InChI is InChI=1S/C29H31N3O/c1-5-12-25(22-13-8-6-9-14-22)30-29(33)27-26(24-18-17-20(2)21(3)19-24)31-28(32(27)4)23-15-10-7-11-16-23/h6-11,13-19,25H,5,12H2,1-4H3,(H,30,33). The van der Waals surface area contributed by atoms with Gasteiger partial charge in [-0.1, -0.05) is 86.1 Å². The predicted octanol–water partition coefficient (Wildman–Crippen LogP) is 6.64. The number of nitrogens with zero attached hydrogens (tertiary/aromatic N) is 2. The van der Waals surface area contributed by atoms with Gasteiger partial charge in [-0.25, -0.2) is 4.98 Å². The number of imidazole rings is 1. The van der Waals surface area contributed by atoms with Crippen molar-refractivity contribution in [2.24, 2.45) is 7.05 Å². The Bertz CT molecular complexity index is 1240. The molecule has 0 bridgehead atoms. The van der Waals surface area contributed by atoms with E-state index >= 15 is 0 Å². The van der Waals surface area contributed by atoms with Gasteiger partial charge in [0, 0.05) is 18.2 Å². The Morgan fingerprint density at radius 1 is 0.909 bits per heavy atom. The Kier molecular flexibility index (Phi) is 6.74. The highest BCUT2D eigenvalue weighted by Gasteiger charge is 2.25. The SMILES string of the molecule is CCCC(NC(=O)c1c(-c2ccc(C)c(C)c2)nc(-c2ccccc2)n1C)c1ccccc1. The number of aryl methyl sites for hydroxylation is 2. The molecule has 33 heavy (non-hydrogen) atoms. The summed E-state index contributed by atoms with van der Waals surface area (Å²) in [6.45, 7) is 6.32. The van der Waals surface area contributed by atoms with Gasteiger partial charge < -0.3 is 9.88 Å². The summed E-state index contributed by atoms with van der Waals surface area (Å²) in [6.07, 6.45) is 1.85. The van der Waals surface area contributed by atoms with Crippen molar-refractivity contribution in [3.05, 3.63) is 101 Å². The molecule has 3 aromatic carbocycles. The lowest BCUT2D eigenvalue weighted by molar-refractivity contribution is 0.0927. The van der Waals surface area contributed by atoms with Gasteiger partial charge in [0.15, 0.2) is 0 Å². The largest absolute Gasteiger partial charge is 0.344 e. The summed E-state index contributed by atoms with van der Waals surface area (Å²) < 4.78 is 1.92. The highest BCUT2D eigenvalue weighted by Crippen LogP contribution is 2.30.